The van der Waals surface area contributed by atoms with E-state index in [4.69, 9.17) is 33.9 Å². The molecule has 0 unspecified atom stereocenters. The van der Waals surface area contributed by atoms with Crippen molar-refractivity contribution in [3.05, 3.63) is 0 Å². The third-order valence-electron chi connectivity index (χ3n) is 0.213. The molecule has 0 amide bonds. The lowest BCUT2D eigenvalue weighted by molar-refractivity contribution is 0.225. The van der Waals surface area contributed by atoms with Gasteiger partial charge in [0.25, 0.3) is 0 Å². The van der Waals surface area contributed by atoms with Crippen molar-refractivity contribution in [1.82, 2.24) is 0 Å². The molecule has 14 heavy (non-hydrogen) atoms. The summed E-state index contributed by atoms with van der Waals surface area (Å²) < 4.78 is 41.2. The lowest BCUT2D eigenvalue weighted by Gasteiger charge is -2.03. The fourth-order valence-electron chi connectivity index (χ4n) is 0.139. The minimum atomic E-state index is -5.14. The topological polar surface area (TPSA) is 182 Å². The van der Waals surface area contributed by atoms with E-state index in [-0.39, 0.29) is 0 Å². The monoisotopic (exact) mass is 278 g/mol. The fourth-order valence-corrected chi connectivity index (χ4v) is 1.25. The van der Waals surface area contributed by atoms with Crippen molar-refractivity contribution in [3.63, 3.8) is 0 Å². The first-order valence-corrected chi connectivity index (χ1v) is 6.85. The first kappa shape index (κ1) is 16.8. The fraction of sp³-hybridized carbons (Fsp3) is 0. The SMILES string of the molecule is O=P(O)(O)F.O=P(O)(O)OP(=O)(O)O. The van der Waals surface area contributed by atoms with Gasteiger partial charge >= 0.3 is 23.6 Å². The molecule has 14 heteroatoms. The van der Waals surface area contributed by atoms with Crippen molar-refractivity contribution in [3.8, 4) is 0 Å². The summed E-state index contributed by atoms with van der Waals surface area (Å²) in [7, 11) is -15.2. The molecule has 0 aliphatic heterocycles. The molecular formula is H6FO10P3. The average molecular weight is 278 g/mol. The van der Waals surface area contributed by atoms with Crippen LogP contribution >= 0.6 is 23.6 Å². The third-order valence-corrected chi connectivity index (χ3v) is 1.91. The van der Waals surface area contributed by atoms with Crippen LogP contribution in [0, 0.1) is 0 Å². The summed E-state index contributed by atoms with van der Waals surface area (Å²) in [5, 5.41) is 0. The number of hydrogen-bond acceptors (Lipinski definition) is 4. The van der Waals surface area contributed by atoms with Gasteiger partial charge in [-0.25, -0.2) is 13.7 Å². The molecule has 0 aromatic heterocycles. The van der Waals surface area contributed by atoms with Crippen molar-refractivity contribution < 1.29 is 51.6 Å². The Morgan fingerprint density at radius 1 is 0.786 bits per heavy atom. The summed E-state index contributed by atoms with van der Waals surface area (Å²) in [5.74, 6) is 0. The molecule has 88 valence electrons. The van der Waals surface area contributed by atoms with Crippen LogP contribution in [0.4, 0.5) is 4.20 Å². The molecule has 0 aliphatic carbocycles. The van der Waals surface area contributed by atoms with Crippen LogP contribution in [0.2, 0.25) is 0 Å². The van der Waals surface area contributed by atoms with Crippen LogP contribution < -0.4 is 0 Å². The second kappa shape index (κ2) is 5.43. The summed E-state index contributed by atoms with van der Waals surface area (Å²) in [6.07, 6.45) is 0. The van der Waals surface area contributed by atoms with E-state index in [1.807, 2.05) is 0 Å². The van der Waals surface area contributed by atoms with Crippen molar-refractivity contribution in [2.24, 2.45) is 0 Å². The quantitative estimate of drug-likeness (QED) is 0.351. The molecule has 0 bridgehead atoms. The smallest absolute Gasteiger partial charge is 0.302 e. The van der Waals surface area contributed by atoms with Gasteiger partial charge in [0.2, 0.25) is 0 Å². The van der Waals surface area contributed by atoms with E-state index in [0.29, 0.717) is 0 Å². The molecule has 0 atom stereocenters. The highest BCUT2D eigenvalue weighted by atomic mass is 31.3. The molecule has 0 aromatic rings. The Labute approximate surface area is 76.1 Å². The van der Waals surface area contributed by atoms with E-state index in [1.54, 1.807) is 0 Å². The molecule has 0 aromatic carbocycles. The van der Waals surface area contributed by atoms with E-state index < -0.39 is 23.6 Å². The minimum absolute atomic E-state index is 2.96. The summed E-state index contributed by atoms with van der Waals surface area (Å²) >= 11 is 0. The number of hydrogen-bond donors (Lipinski definition) is 6. The highest BCUT2D eigenvalue weighted by molar-refractivity contribution is 7.60. The second-order valence-electron chi connectivity index (χ2n) is 1.54. The second-order valence-corrected chi connectivity index (χ2v) is 5.10. The van der Waals surface area contributed by atoms with Gasteiger partial charge < -0.3 is 19.6 Å². The van der Waals surface area contributed by atoms with Gasteiger partial charge in [-0.2, -0.15) is 4.31 Å². The van der Waals surface area contributed by atoms with E-state index >= 15 is 0 Å². The Morgan fingerprint density at radius 3 is 0.929 bits per heavy atom. The first-order chi connectivity index (χ1) is 5.71. The largest absolute Gasteiger partial charge is 0.507 e. The Hall–Kier alpha value is 0.340. The van der Waals surface area contributed by atoms with Crippen LogP contribution in [0.3, 0.4) is 0 Å². The molecule has 0 spiro atoms. The summed E-state index contributed by atoms with van der Waals surface area (Å²) in [4.78, 5) is 44.9. The summed E-state index contributed by atoms with van der Waals surface area (Å²) in [6.45, 7) is 0. The first-order valence-electron chi connectivity index (χ1n) is 2.28. The van der Waals surface area contributed by atoms with E-state index in [1.165, 1.54) is 0 Å². The van der Waals surface area contributed by atoms with Gasteiger partial charge in [0.1, 0.15) is 0 Å². The number of rotatable bonds is 2. The molecule has 0 saturated carbocycles. The van der Waals surface area contributed by atoms with Crippen LogP contribution in [0.5, 0.6) is 0 Å². The van der Waals surface area contributed by atoms with Crippen LogP contribution in [-0.2, 0) is 18.0 Å². The number of halogens is 1. The van der Waals surface area contributed by atoms with Gasteiger partial charge in [-0.1, -0.05) is 0 Å². The number of phosphoric acid groups is 2. The Balaban J connectivity index is 0. The van der Waals surface area contributed by atoms with Crippen molar-refractivity contribution in [2.45, 2.75) is 0 Å². The van der Waals surface area contributed by atoms with Gasteiger partial charge in [0.15, 0.2) is 0 Å². The molecule has 0 fully saturated rings. The maximum absolute atomic E-state index is 10.4. The summed E-state index contributed by atoms with van der Waals surface area (Å²) in [6, 6.07) is 0. The van der Waals surface area contributed by atoms with E-state index in [2.05, 4.69) is 4.31 Å². The van der Waals surface area contributed by atoms with Crippen LogP contribution in [0.1, 0.15) is 0 Å². The Bertz CT molecular complexity index is 258. The normalized spacial score (nSPS) is 13.1. The zero-order valence-corrected chi connectivity index (χ0v) is 8.72. The Morgan fingerprint density at radius 2 is 0.929 bits per heavy atom. The molecule has 0 saturated heterocycles. The minimum Gasteiger partial charge on any atom is -0.302 e. The van der Waals surface area contributed by atoms with Crippen LogP contribution in [0.15, 0.2) is 0 Å². The predicted octanol–water partition coefficient (Wildman–Crippen LogP) is -0.763. The van der Waals surface area contributed by atoms with Crippen LogP contribution in [0.25, 0.3) is 0 Å². The van der Waals surface area contributed by atoms with Crippen LogP contribution in [-0.4, -0.2) is 29.4 Å². The van der Waals surface area contributed by atoms with Crippen molar-refractivity contribution >= 4 is 23.6 Å². The van der Waals surface area contributed by atoms with Crippen molar-refractivity contribution in [2.75, 3.05) is 0 Å². The molecule has 0 rings (SSSR count). The van der Waals surface area contributed by atoms with E-state index in [0.717, 1.165) is 0 Å². The lowest BCUT2D eigenvalue weighted by Crippen LogP contribution is -1.84. The third kappa shape index (κ3) is 39.5. The standard InChI is InChI=1S/FH2O3P.H4O7P2/c1-5(2,3)4;1-8(2,3)7-9(4,5)6/h(H2,2,3,4);(H2,1,2,3)(H2,4,5,6). The van der Waals surface area contributed by atoms with Gasteiger partial charge in [-0.3, -0.25) is 9.79 Å². The summed E-state index contributed by atoms with van der Waals surface area (Å²) in [5.41, 5.74) is 0. The maximum Gasteiger partial charge on any atom is 0.507 e. The van der Waals surface area contributed by atoms with Gasteiger partial charge in [-0.15, -0.1) is 4.20 Å². The molecule has 0 heterocycles. The molecular weight excluding hydrogens is 272 g/mol. The van der Waals surface area contributed by atoms with E-state index in [9.17, 15) is 13.3 Å². The molecule has 10 nitrogen and oxygen atoms in total. The zero-order chi connectivity index (χ0) is 12.2. The molecule has 0 aliphatic rings. The maximum atomic E-state index is 10.4. The van der Waals surface area contributed by atoms with Gasteiger partial charge in [-0.05, 0) is 0 Å². The molecule has 6 N–H and O–H groups in total. The van der Waals surface area contributed by atoms with Gasteiger partial charge in [0, 0.05) is 0 Å². The van der Waals surface area contributed by atoms with Gasteiger partial charge in [0.05, 0.1) is 0 Å². The lowest BCUT2D eigenvalue weighted by atomic mass is 15.7. The van der Waals surface area contributed by atoms with Crippen molar-refractivity contribution in [1.29, 1.82) is 0 Å². The highest BCUT2D eigenvalue weighted by Gasteiger charge is 2.27. The zero-order valence-electron chi connectivity index (χ0n) is 6.04. The Kier molecular flexibility index (Phi) is 6.50. The highest BCUT2D eigenvalue weighted by Crippen LogP contribution is 2.53. The average Bonchev–Trinajstić information content (AvgIpc) is 1.42. The predicted molar refractivity (Wildman–Crippen MR) is 38.3 cm³/mol. The molecule has 0 radical (unpaired) electrons.